The second-order valence-electron chi connectivity index (χ2n) is 5.36. The van der Waals surface area contributed by atoms with Gasteiger partial charge in [0.05, 0.1) is 0 Å². The summed E-state index contributed by atoms with van der Waals surface area (Å²) in [5.74, 6) is 0.723. The summed E-state index contributed by atoms with van der Waals surface area (Å²) < 4.78 is 0. The monoisotopic (exact) mass is 300 g/mol. The van der Waals surface area contributed by atoms with Gasteiger partial charge in [0.25, 0.3) is 0 Å². The first-order chi connectivity index (χ1) is 9.08. The van der Waals surface area contributed by atoms with Crippen molar-refractivity contribution in [3.8, 4) is 0 Å². The van der Waals surface area contributed by atoms with E-state index >= 15 is 0 Å². The van der Waals surface area contributed by atoms with Crippen LogP contribution in [0, 0.1) is 5.92 Å². The van der Waals surface area contributed by atoms with Crippen molar-refractivity contribution in [2.45, 2.75) is 32.7 Å². The maximum atomic E-state index is 6.03. The molecule has 1 aliphatic heterocycles. The van der Waals surface area contributed by atoms with Gasteiger partial charge in [-0.15, -0.1) is 0 Å². The van der Waals surface area contributed by atoms with Crippen LogP contribution in [0.15, 0.2) is 18.2 Å². The number of nitrogens with zero attached hydrogens (tertiary/aromatic N) is 1. The molecule has 19 heavy (non-hydrogen) atoms. The summed E-state index contributed by atoms with van der Waals surface area (Å²) in [6.45, 7) is 8.07. The summed E-state index contributed by atoms with van der Waals surface area (Å²) >= 11 is 12.1. The van der Waals surface area contributed by atoms with Crippen molar-refractivity contribution < 1.29 is 0 Å². The zero-order valence-electron chi connectivity index (χ0n) is 11.6. The maximum Gasteiger partial charge on any atom is 0.0441 e. The van der Waals surface area contributed by atoms with E-state index in [9.17, 15) is 0 Å². The van der Waals surface area contributed by atoms with Gasteiger partial charge < -0.3 is 10.2 Å². The highest BCUT2D eigenvalue weighted by molar-refractivity contribution is 6.35. The Labute approximate surface area is 126 Å². The second kappa shape index (κ2) is 6.83. The first-order valence-corrected chi connectivity index (χ1v) is 7.79. The standard InChI is InChI=1S/C15H22Cl2N2/c1-3-19-6-4-12(5-7-19)11(2)18-15-9-13(16)8-14(17)10-15/h8-12,18H,3-7H2,1-2H3. The minimum Gasteiger partial charge on any atom is -0.382 e. The number of likely N-dealkylation sites (tertiary alicyclic amines) is 1. The molecule has 0 aromatic heterocycles. The predicted molar refractivity (Wildman–Crippen MR) is 84.4 cm³/mol. The Kier molecular flexibility index (Phi) is 5.37. The Morgan fingerprint density at radius 3 is 2.32 bits per heavy atom. The number of anilines is 1. The Morgan fingerprint density at radius 1 is 1.21 bits per heavy atom. The first-order valence-electron chi connectivity index (χ1n) is 7.03. The summed E-state index contributed by atoms with van der Waals surface area (Å²) in [6, 6.07) is 6.09. The normalized spacial score (nSPS) is 19.4. The van der Waals surface area contributed by atoms with Crippen LogP contribution in [0.5, 0.6) is 0 Å². The second-order valence-corrected chi connectivity index (χ2v) is 6.24. The molecule has 0 bridgehead atoms. The van der Waals surface area contributed by atoms with Crippen LogP contribution in [0.2, 0.25) is 10.0 Å². The molecule has 2 nitrogen and oxygen atoms in total. The van der Waals surface area contributed by atoms with Crippen molar-refractivity contribution in [1.82, 2.24) is 4.90 Å². The smallest absolute Gasteiger partial charge is 0.0441 e. The van der Waals surface area contributed by atoms with Crippen LogP contribution in [-0.4, -0.2) is 30.6 Å². The highest BCUT2D eigenvalue weighted by Gasteiger charge is 2.23. The predicted octanol–water partition coefficient (Wildman–Crippen LogP) is 4.53. The van der Waals surface area contributed by atoms with Crippen molar-refractivity contribution in [1.29, 1.82) is 0 Å². The lowest BCUT2D eigenvalue weighted by atomic mass is 9.90. The van der Waals surface area contributed by atoms with E-state index in [-0.39, 0.29) is 0 Å². The van der Waals surface area contributed by atoms with Gasteiger partial charge in [0.15, 0.2) is 0 Å². The van der Waals surface area contributed by atoms with Crippen molar-refractivity contribution in [3.63, 3.8) is 0 Å². The fourth-order valence-electron chi connectivity index (χ4n) is 2.79. The Hall–Kier alpha value is -0.440. The molecular formula is C15H22Cl2N2. The van der Waals surface area contributed by atoms with E-state index in [0.717, 1.165) is 11.6 Å². The van der Waals surface area contributed by atoms with Crippen LogP contribution < -0.4 is 5.32 Å². The number of nitrogens with one attached hydrogen (secondary N) is 1. The van der Waals surface area contributed by atoms with E-state index in [2.05, 4.69) is 24.1 Å². The molecule has 1 unspecified atom stereocenters. The molecule has 1 N–H and O–H groups in total. The van der Waals surface area contributed by atoms with Crippen LogP contribution in [0.3, 0.4) is 0 Å². The molecule has 0 aliphatic carbocycles. The lowest BCUT2D eigenvalue weighted by molar-refractivity contribution is 0.183. The number of hydrogen-bond acceptors (Lipinski definition) is 2. The molecule has 1 heterocycles. The number of hydrogen-bond donors (Lipinski definition) is 1. The third kappa shape index (κ3) is 4.27. The molecule has 0 spiro atoms. The van der Waals surface area contributed by atoms with Gasteiger partial charge in [-0.05, 0) is 63.5 Å². The minimum atomic E-state index is 0.452. The van der Waals surface area contributed by atoms with Gasteiger partial charge in [0.2, 0.25) is 0 Å². The summed E-state index contributed by atoms with van der Waals surface area (Å²) in [7, 11) is 0. The molecule has 4 heteroatoms. The van der Waals surface area contributed by atoms with E-state index in [4.69, 9.17) is 23.2 Å². The van der Waals surface area contributed by atoms with Crippen molar-refractivity contribution in [2.75, 3.05) is 25.0 Å². The number of benzene rings is 1. The van der Waals surface area contributed by atoms with Crippen LogP contribution in [0.1, 0.15) is 26.7 Å². The summed E-state index contributed by atoms with van der Waals surface area (Å²) in [4.78, 5) is 2.51. The molecule has 1 aromatic rings. The quantitative estimate of drug-likeness (QED) is 0.879. The molecule has 1 aliphatic rings. The molecule has 2 rings (SSSR count). The summed E-state index contributed by atoms with van der Waals surface area (Å²) in [5, 5.41) is 4.91. The summed E-state index contributed by atoms with van der Waals surface area (Å²) in [5.41, 5.74) is 1.02. The molecule has 1 fully saturated rings. The third-order valence-electron chi connectivity index (χ3n) is 4.04. The number of piperidine rings is 1. The van der Waals surface area contributed by atoms with Gasteiger partial charge in [-0.25, -0.2) is 0 Å². The van der Waals surface area contributed by atoms with Crippen molar-refractivity contribution in [3.05, 3.63) is 28.2 Å². The molecule has 1 aromatic carbocycles. The highest BCUT2D eigenvalue weighted by atomic mass is 35.5. The Morgan fingerprint density at radius 2 is 1.79 bits per heavy atom. The molecular weight excluding hydrogens is 279 g/mol. The molecule has 1 saturated heterocycles. The van der Waals surface area contributed by atoms with Gasteiger partial charge >= 0.3 is 0 Å². The molecule has 0 amide bonds. The van der Waals surface area contributed by atoms with E-state index < -0.39 is 0 Å². The van der Waals surface area contributed by atoms with E-state index in [0.29, 0.717) is 16.1 Å². The Balaban J connectivity index is 1.92. The fourth-order valence-corrected chi connectivity index (χ4v) is 3.31. The van der Waals surface area contributed by atoms with E-state index in [1.54, 1.807) is 6.07 Å². The van der Waals surface area contributed by atoms with Crippen molar-refractivity contribution in [2.24, 2.45) is 5.92 Å². The average Bonchev–Trinajstić information content (AvgIpc) is 2.37. The fraction of sp³-hybridized carbons (Fsp3) is 0.600. The maximum absolute atomic E-state index is 6.03. The van der Waals surface area contributed by atoms with Gasteiger partial charge in [0.1, 0.15) is 0 Å². The highest BCUT2D eigenvalue weighted by Crippen LogP contribution is 2.26. The van der Waals surface area contributed by atoms with Crippen LogP contribution in [-0.2, 0) is 0 Å². The number of halogens is 2. The van der Waals surface area contributed by atoms with Crippen LogP contribution >= 0.6 is 23.2 Å². The van der Waals surface area contributed by atoms with Crippen LogP contribution in [0.25, 0.3) is 0 Å². The van der Waals surface area contributed by atoms with E-state index in [1.807, 2.05) is 12.1 Å². The zero-order valence-corrected chi connectivity index (χ0v) is 13.1. The first kappa shape index (κ1) is 15.0. The minimum absolute atomic E-state index is 0.452. The SMILES string of the molecule is CCN1CCC(C(C)Nc2cc(Cl)cc(Cl)c2)CC1. The van der Waals surface area contributed by atoms with Gasteiger partial charge in [-0.3, -0.25) is 0 Å². The van der Waals surface area contributed by atoms with Crippen LogP contribution in [0.4, 0.5) is 5.69 Å². The Bertz CT molecular complexity index is 394. The lowest BCUT2D eigenvalue weighted by Crippen LogP contribution is -2.39. The van der Waals surface area contributed by atoms with Gasteiger partial charge in [-0.1, -0.05) is 30.1 Å². The van der Waals surface area contributed by atoms with E-state index in [1.165, 1.54) is 32.5 Å². The topological polar surface area (TPSA) is 15.3 Å². The zero-order chi connectivity index (χ0) is 13.8. The molecule has 0 saturated carbocycles. The van der Waals surface area contributed by atoms with Gasteiger partial charge in [0, 0.05) is 21.8 Å². The third-order valence-corrected chi connectivity index (χ3v) is 4.48. The van der Waals surface area contributed by atoms with Gasteiger partial charge in [-0.2, -0.15) is 0 Å². The molecule has 0 radical (unpaired) electrons. The average molecular weight is 301 g/mol. The number of rotatable bonds is 4. The molecule has 106 valence electrons. The summed E-state index contributed by atoms with van der Waals surface area (Å²) in [6.07, 6.45) is 2.52. The van der Waals surface area contributed by atoms with Crippen molar-refractivity contribution >= 4 is 28.9 Å². The molecule has 1 atom stereocenters. The lowest BCUT2D eigenvalue weighted by Gasteiger charge is -2.34. The largest absolute Gasteiger partial charge is 0.382 e.